The highest BCUT2D eigenvalue weighted by molar-refractivity contribution is 9.10. The lowest BCUT2D eigenvalue weighted by Gasteiger charge is -2.08. The number of nitrogens with zero attached hydrogens (tertiary/aromatic N) is 2. The number of benzene rings is 1. The van der Waals surface area contributed by atoms with Gasteiger partial charge in [-0.3, -0.25) is 15.1 Å². The summed E-state index contributed by atoms with van der Waals surface area (Å²) in [5.74, 6) is 0.206. The van der Waals surface area contributed by atoms with E-state index >= 15 is 0 Å². The molecule has 0 saturated heterocycles. The normalized spacial score (nSPS) is 10.2. The van der Waals surface area contributed by atoms with E-state index in [-0.39, 0.29) is 18.0 Å². The predicted molar refractivity (Wildman–Crippen MR) is 77.1 cm³/mol. The molecule has 0 bridgehead atoms. The van der Waals surface area contributed by atoms with Gasteiger partial charge in [0.2, 0.25) is 5.75 Å². The zero-order valence-electron chi connectivity index (χ0n) is 9.55. The molecule has 0 aliphatic heterocycles. The largest absolute Gasteiger partial charge is 0.480 e. The summed E-state index contributed by atoms with van der Waals surface area (Å²) in [6, 6.07) is 8.30. The Balaban J connectivity index is 2.19. The van der Waals surface area contributed by atoms with Gasteiger partial charge in [-0.1, -0.05) is 6.07 Å². The Kier molecular flexibility index (Phi) is 4.49. The molecule has 2 aromatic rings. The molecule has 5 nitrogen and oxygen atoms in total. The van der Waals surface area contributed by atoms with Crippen LogP contribution in [0.25, 0.3) is 0 Å². The van der Waals surface area contributed by atoms with Gasteiger partial charge in [-0.2, -0.15) is 0 Å². The fraction of sp³-hybridized carbons (Fsp3) is 0.0833. The molecule has 0 unspecified atom stereocenters. The van der Waals surface area contributed by atoms with Crippen LogP contribution in [0.2, 0.25) is 0 Å². The fourth-order valence-electron chi connectivity index (χ4n) is 1.42. The van der Waals surface area contributed by atoms with E-state index in [2.05, 4.69) is 36.8 Å². The van der Waals surface area contributed by atoms with E-state index < -0.39 is 4.92 Å². The number of halogens is 2. The first-order valence-electron chi connectivity index (χ1n) is 5.24. The van der Waals surface area contributed by atoms with Crippen LogP contribution in [0, 0.1) is 10.1 Å². The lowest BCUT2D eigenvalue weighted by molar-refractivity contribution is -0.386. The third-order valence-electron chi connectivity index (χ3n) is 2.30. The number of pyridine rings is 1. The minimum absolute atomic E-state index is 0.0773. The quantitative estimate of drug-likeness (QED) is 0.585. The smallest absolute Gasteiger partial charge is 0.312 e. The van der Waals surface area contributed by atoms with E-state index in [0.717, 1.165) is 4.47 Å². The number of hydrogen-bond donors (Lipinski definition) is 0. The second-order valence-electron chi connectivity index (χ2n) is 3.60. The Morgan fingerprint density at radius 2 is 2.05 bits per heavy atom. The molecule has 1 aromatic heterocycles. The van der Waals surface area contributed by atoms with Crippen LogP contribution in [0.4, 0.5) is 5.69 Å². The van der Waals surface area contributed by atoms with Crippen LogP contribution >= 0.6 is 31.9 Å². The maximum atomic E-state index is 10.9. The van der Waals surface area contributed by atoms with Gasteiger partial charge in [0.25, 0.3) is 0 Å². The van der Waals surface area contributed by atoms with Crippen molar-refractivity contribution in [3.05, 3.63) is 61.3 Å². The summed E-state index contributed by atoms with van der Waals surface area (Å²) >= 11 is 6.53. The minimum Gasteiger partial charge on any atom is -0.480 e. The maximum Gasteiger partial charge on any atom is 0.312 e. The van der Waals surface area contributed by atoms with E-state index in [9.17, 15) is 10.1 Å². The Hall–Kier alpha value is -1.47. The molecule has 0 aliphatic carbocycles. The van der Waals surface area contributed by atoms with Crippen LogP contribution in [-0.4, -0.2) is 9.91 Å². The third-order valence-corrected chi connectivity index (χ3v) is 3.39. The number of nitro groups is 1. The molecule has 98 valence electrons. The van der Waals surface area contributed by atoms with Crippen LogP contribution in [0.15, 0.2) is 45.5 Å². The van der Waals surface area contributed by atoms with Crippen molar-refractivity contribution in [1.82, 2.24) is 4.98 Å². The summed E-state index contributed by atoms with van der Waals surface area (Å²) in [7, 11) is 0. The second-order valence-corrected chi connectivity index (χ2v) is 5.37. The molecule has 0 radical (unpaired) electrons. The average molecular weight is 388 g/mol. The number of para-hydroxylation sites is 1. The van der Waals surface area contributed by atoms with Gasteiger partial charge >= 0.3 is 5.69 Å². The van der Waals surface area contributed by atoms with Gasteiger partial charge < -0.3 is 4.74 Å². The van der Waals surface area contributed by atoms with Gasteiger partial charge in [-0.05, 0) is 50.1 Å². The summed E-state index contributed by atoms with van der Waals surface area (Å²) in [4.78, 5) is 14.6. The first kappa shape index (κ1) is 14.0. The van der Waals surface area contributed by atoms with E-state index in [0.29, 0.717) is 10.2 Å². The molecule has 0 saturated carbocycles. The number of hydrogen-bond acceptors (Lipinski definition) is 4. The molecule has 19 heavy (non-hydrogen) atoms. The van der Waals surface area contributed by atoms with Gasteiger partial charge in [0, 0.05) is 16.7 Å². The van der Waals surface area contributed by atoms with Crippen molar-refractivity contribution in [2.24, 2.45) is 0 Å². The molecule has 7 heteroatoms. The summed E-state index contributed by atoms with van der Waals surface area (Å²) in [5.41, 5.74) is 0.611. The number of rotatable bonds is 4. The van der Waals surface area contributed by atoms with E-state index in [1.54, 1.807) is 24.4 Å². The van der Waals surface area contributed by atoms with Crippen LogP contribution in [0.5, 0.6) is 5.75 Å². The van der Waals surface area contributed by atoms with Gasteiger partial charge in [-0.15, -0.1) is 0 Å². The lowest BCUT2D eigenvalue weighted by atomic mass is 10.3. The molecule has 0 fully saturated rings. The molecule has 2 rings (SSSR count). The molecule has 0 atom stereocenters. The van der Waals surface area contributed by atoms with Crippen LogP contribution in [-0.2, 0) is 6.61 Å². The monoisotopic (exact) mass is 386 g/mol. The molecular weight excluding hydrogens is 380 g/mol. The van der Waals surface area contributed by atoms with Crippen molar-refractivity contribution in [1.29, 1.82) is 0 Å². The predicted octanol–water partition coefficient (Wildman–Crippen LogP) is 4.09. The zero-order valence-corrected chi connectivity index (χ0v) is 12.7. The van der Waals surface area contributed by atoms with Crippen molar-refractivity contribution in [3.8, 4) is 5.75 Å². The molecular formula is C12H8Br2N2O3. The highest BCUT2D eigenvalue weighted by Crippen LogP contribution is 2.35. The first-order chi connectivity index (χ1) is 9.08. The molecule has 0 spiro atoms. The lowest BCUT2D eigenvalue weighted by Crippen LogP contribution is -2.01. The van der Waals surface area contributed by atoms with E-state index in [4.69, 9.17) is 4.74 Å². The standard InChI is InChI=1S/C12H8Br2N2O3/c13-8-4-5-9(15-6-8)7-19-12-10(14)2-1-3-11(12)16(17)18/h1-6H,7H2. The molecule has 0 N–H and O–H groups in total. The maximum absolute atomic E-state index is 10.9. The minimum atomic E-state index is -0.477. The number of nitro benzene ring substituents is 1. The third kappa shape index (κ3) is 3.51. The molecule has 0 aliphatic rings. The van der Waals surface area contributed by atoms with Crippen molar-refractivity contribution in [2.75, 3.05) is 0 Å². The zero-order chi connectivity index (χ0) is 13.8. The van der Waals surface area contributed by atoms with Gasteiger partial charge in [0.15, 0.2) is 0 Å². The summed E-state index contributed by atoms with van der Waals surface area (Å²) < 4.78 is 6.89. The van der Waals surface area contributed by atoms with E-state index in [1.165, 1.54) is 6.07 Å². The highest BCUT2D eigenvalue weighted by atomic mass is 79.9. The fourth-order valence-corrected chi connectivity index (χ4v) is 2.13. The summed E-state index contributed by atoms with van der Waals surface area (Å²) in [6.07, 6.45) is 1.65. The van der Waals surface area contributed by atoms with Gasteiger partial charge in [0.05, 0.1) is 15.1 Å². The Labute approximate surface area is 126 Å². The van der Waals surface area contributed by atoms with E-state index in [1.807, 2.05) is 6.07 Å². The first-order valence-corrected chi connectivity index (χ1v) is 6.82. The topological polar surface area (TPSA) is 65.3 Å². The van der Waals surface area contributed by atoms with Crippen molar-refractivity contribution in [2.45, 2.75) is 6.61 Å². The van der Waals surface area contributed by atoms with Crippen molar-refractivity contribution in [3.63, 3.8) is 0 Å². The van der Waals surface area contributed by atoms with Crippen LogP contribution < -0.4 is 4.74 Å². The Morgan fingerprint density at radius 1 is 1.26 bits per heavy atom. The SMILES string of the molecule is O=[N+]([O-])c1cccc(Br)c1OCc1ccc(Br)cn1. The van der Waals surface area contributed by atoms with Crippen molar-refractivity contribution < 1.29 is 9.66 Å². The van der Waals surface area contributed by atoms with Crippen molar-refractivity contribution >= 4 is 37.5 Å². The summed E-state index contributed by atoms with van der Waals surface area (Å²) in [6.45, 7) is 0.163. The van der Waals surface area contributed by atoms with Gasteiger partial charge in [-0.25, -0.2) is 0 Å². The molecule has 0 amide bonds. The Bertz CT molecular complexity index is 602. The van der Waals surface area contributed by atoms with Gasteiger partial charge in [0.1, 0.15) is 6.61 Å². The summed E-state index contributed by atoms with van der Waals surface area (Å²) in [5, 5.41) is 10.9. The van der Waals surface area contributed by atoms with Crippen LogP contribution in [0.3, 0.4) is 0 Å². The number of aromatic nitrogens is 1. The highest BCUT2D eigenvalue weighted by Gasteiger charge is 2.17. The Morgan fingerprint density at radius 3 is 2.68 bits per heavy atom. The van der Waals surface area contributed by atoms with Crippen LogP contribution in [0.1, 0.15) is 5.69 Å². The number of ether oxygens (including phenoxy) is 1. The average Bonchev–Trinajstić information content (AvgIpc) is 2.39. The molecule has 1 aromatic carbocycles. The molecule has 1 heterocycles. The second kappa shape index (κ2) is 6.12.